The number of nitrogens with one attached hydrogen (secondary N) is 1. The quantitative estimate of drug-likeness (QED) is 0.910. The highest BCUT2D eigenvalue weighted by atomic mass is 16.5. The summed E-state index contributed by atoms with van der Waals surface area (Å²) in [6.45, 7) is 4.75. The highest BCUT2D eigenvalue weighted by Gasteiger charge is 2.14. The van der Waals surface area contributed by atoms with Gasteiger partial charge in [-0.3, -0.25) is 9.48 Å². The number of hydrogen-bond acceptors (Lipinski definition) is 3. The zero-order valence-electron chi connectivity index (χ0n) is 12.0. The van der Waals surface area contributed by atoms with Gasteiger partial charge in [0.2, 0.25) is 0 Å². The summed E-state index contributed by atoms with van der Waals surface area (Å²) in [6.07, 6.45) is 1.74. The third-order valence-corrected chi connectivity index (χ3v) is 3.17. The first-order chi connectivity index (χ1) is 9.65. The van der Waals surface area contributed by atoms with Crippen LogP contribution < -0.4 is 10.1 Å². The number of carbonyl (C=O) groups is 1. The molecular formula is C15H19N3O2. The Bertz CT molecular complexity index is 592. The average molecular weight is 273 g/mol. The summed E-state index contributed by atoms with van der Waals surface area (Å²) in [5, 5.41) is 7.18. The molecule has 106 valence electrons. The molecule has 2 aromatic rings. The second kappa shape index (κ2) is 6.23. The van der Waals surface area contributed by atoms with Gasteiger partial charge >= 0.3 is 0 Å². The summed E-state index contributed by atoms with van der Waals surface area (Å²) < 4.78 is 7.00. The number of aromatic nitrogens is 2. The molecule has 0 fully saturated rings. The van der Waals surface area contributed by atoms with Gasteiger partial charge in [0, 0.05) is 18.3 Å². The van der Waals surface area contributed by atoms with Gasteiger partial charge in [-0.25, -0.2) is 0 Å². The van der Waals surface area contributed by atoms with Gasteiger partial charge < -0.3 is 10.1 Å². The molecule has 1 aromatic heterocycles. The van der Waals surface area contributed by atoms with Crippen molar-refractivity contribution in [3.05, 3.63) is 47.8 Å². The van der Waals surface area contributed by atoms with Crippen molar-refractivity contribution in [2.75, 3.05) is 7.11 Å². The van der Waals surface area contributed by atoms with Gasteiger partial charge in [0.15, 0.2) is 0 Å². The van der Waals surface area contributed by atoms with Crippen LogP contribution in [0.3, 0.4) is 0 Å². The molecule has 1 N–H and O–H groups in total. The lowest BCUT2D eigenvalue weighted by Crippen LogP contribution is -2.28. The van der Waals surface area contributed by atoms with Crippen LogP contribution in [-0.2, 0) is 6.54 Å². The van der Waals surface area contributed by atoms with Crippen LogP contribution in [0.15, 0.2) is 36.5 Å². The van der Waals surface area contributed by atoms with Crippen LogP contribution in [-0.4, -0.2) is 22.8 Å². The minimum atomic E-state index is -0.125. The molecule has 20 heavy (non-hydrogen) atoms. The Labute approximate surface area is 118 Å². The fourth-order valence-corrected chi connectivity index (χ4v) is 2.09. The SMILES string of the molecule is CCn1nccc1C(C)NC(=O)c1cccc(OC)c1. The minimum absolute atomic E-state index is 0.101. The van der Waals surface area contributed by atoms with Crippen LogP contribution in [0.5, 0.6) is 5.75 Å². The summed E-state index contributed by atoms with van der Waals surface area (Å²) >= 11 is 0. The van der Waals surface area contributed by atoms with Crippen LogP contribution in [0.25, 0.3) is 0 Å². The van der Waals surface area contributed by atoms with E-state index >= 15 is 0 Å². The molecule has 0 spiro atoms. The Kier molecular flexibility index (Phi) is 4.40. The van der Waals surface area contributed by atoms with Gasteiger partial charge in [0.05, 0.1) is 18.8 Å². The molecular weight excluding hydrogens is 254 g/mol. The summed E-state index contributed by atoms with van der Waals surface area (Å²) in [6, 6.07) is 8.92. The van der Waals surface area contributed by atoms with Crippen LogP contribution in [0.1, 0.15) is 35.9 Å². The Morgan fingerprint density at radius 1 is 1.45 bits per heavy atom. The molecule has 5 heteroatoms. The molecule has 0 saturated heterocycles. The molecule has 0 bridgehead atoms. The molecule has 0 aliphatic heterocycles. The maximum absolute atomic E-state index is 12.2. The van der Waals surface area contributed by atoms with Crippen molar-refractivity contribution in [2.45, 2.75) is 26.4 Å². The predicted molar refractivity (Wildman–Crippen MR) is 76.8 cm³/mol. The first kappa shape index (κ1) is 14.1. The van der Waals surface area contributed by atoms with Crippen molar-refractivity contribution < 1.29 is 9.53 Å². The van der Waals surface area contributed by atoms with Crippen LogP contribution in [0, 0.1) is 0 Å². The third-order valence-electron chi connectivity index (χ3n) is 3.17. The number of benzene rings is 1. The van der Waals surface area contributed by atoms with Gasteiger partial charge in [-0.2, -0.15) is 5.10 Å². The van der Waals surface area contributed by atoms with Gasteiger partial charge in [0.25, 0.3) is 5.91 Å². The molecule has 0 aliphatic rings. The number of carbonyl (C=O) groups excluding carboxylic acids is 1. The van der Waals surface area contributed by atoms with Gasteiger partial charge in [0.1, 0.15) is 5.75 Å². The van der Waals surface area contributed by atoms with Crippen molar-refractivity contribution >= 4 is 5.91 Å². The third kappa shape index (κ3) is 2.99. The molecule has 5 nitrogen and oxygen atoms in total. The number of amides is 1. The zero-order chi connectivity index (χ0) is 14.5. The second-order valence-electron chi connectivity index (χ2n) is 4.50. The fraction of sp³-hybridized carbons (Fsp3) is 0.333. The first-order valence-electron chi connectivity index (χ1n) is 6.62. The fourth-order valence-electron chi connectivity index (χ4n) is 2.09. The molecule has 1 atom stereocenters. The van der Waals surface area contributed by atoms with E-state index in [1.165, 1.54) is 0 Å². The first-order valence-corrected chi connectivity index (χ1v) is 6.62. The Morgan fingerprint density at radius 3 is 2.95 bits per heavy atom. The van der Waals surface area contributed by atoms with Gasteiger partial charge in [-0.05, 0) is 38.1 Å². The lowest BCUT2D eigenvalue weighted by Gasteiger charge is -2.15. The summed E-state index contributed by atoms with van der Waals surface area (Å²) in [4.78, 5) is 12.2. The molecule has 0 saturated carbocycles. The van der Waals surface area contributed by atoms with E-state index in [-0.39, 0.29) is 11.9 Å². The standard InChI is InChI=1S/C15H19N3O2/c1-4-18-14(8-9-16-18)11(2)17-15(19)12-6-5-7-13(10-12)20-3/h5-11H,4H2,1-3H3,(H,17,19). The molecule has 1 amide bonds. The van der Waals surface area contributed by atoms with Crippen molar-refractivity contribution in [3.8, 4) is 5.75 Å². The smallest absolute Gasteiger partial charge is 0.251 e. The van der Waals surface area contributed by atoms with Crippen molar-refractivity contribution in [3.63, 3.8) is 0 Å². The number of ether oxygens (including phenoxy) is 1. The number of nitrogens with zero attached hydrogens (tertiary/aromatic N) is 2. The van der Waals surface area contributed by atoms with E-state index in [0.29, 0.717) is 11.3 Å². The van der Waals surface area contributed by atoms with Gasteiger partial charge in [-0.1, -0.05) is 6.07 Å². The summed E-state index contributed by atoms with van der Waals surface area (Å²) in [5.41, 5.74) is 1.57. The highest BCUT2D eigenvalue weighted by Crippen LogP contribution is 2.15. The predicted octanol–water partition coefficient (Wildman–Crippen LogP) is 2.40. The maximum Gasteiger partial charge on any atom is 0.251 e. The van der Waals surface area contributed by atoms with E-state index < -0.39 is 0 Å². The largest absolute Gasteiger partial charge is 0.497 e. The summed E-state index contributed by atoms with van der Waals surface area (Å²) in [7, 11) is 1.58. The zero-order valence-corrected chi connectivity index (χ0v) is 12.0. The molecule has 0 aliphatic carbocycles. The normalized spacial score (nSPS) is 11.9. The second-order valence-corrected chi connectivity index (χ2v) is 4.50. The lowest BCUT2D eigenvalue weighted by atomic mass is 10.1. The lowest BCUT2D eigenvalue weighted by molar-refractivity contribution is 0.0938. The van der Waals surface area contributed by atoms with E-state index in [2.05, 4.69) is 10.4 Å². The summed E-state index contributed by atoms with van der Waals surface area (Å²) in [5.74, 6) is 0.546. The number of aryl methyl sites for hydroxylation is 1. The molecule has 0 radical (unpaired) electrons. The monoisotopic (exact) mass is 273 g/mol. The average Bonchev–Trinajstić information content (AvgIpc) is 2.95. The van der Waals surface area contributed by atoms with Crippen molar-refractivity contribution in [2.24, 2.45) is 0 Å². The van der Waals surface area contributed by atoms with Crippen LogP contribution >= 0.6 is 0 Å². The minimum Gasteiger partial charge on any atom is -0.497 e. The van der Waals surface area contributed by atoms with Crippen molar-refractivity contribution in [1.82, 2.24) is 15.1 Å². The van der Waals surface area contributed by atoms with Crippen LogP contribution in [0.2, 0.25) is 0 Å². The van der Waals surface area contributed by atoms with E-state index in [1.807, 2.05) is 30.7 Å². The van der Waals surface area contributed by atoms with E-state index in [9.17, 15) is 4.79 Å². The van der Waals surface area contributed by atoms with Gasteiger partial charge in [-0.15, -0.1) is 0 Å². The van der Waals surface area contributed by atoms with E-state index in [1.54, 1.807) is 31.5 Å². The van der Waals surface area contributed by atoms with Crippen LogP contribution in [0.4, 0.5) is 0 Å². The molecule has 1 heterocycles. The Balaban J connectivity index is 2.11. The number of hydrogen-bond donors (Lipinski definition) is 1. The molecule has 1 unspecified atom stereocenters. The Morgan fingerprint density at radius 2 is 2.25 bits per heavy atom. The number of methoxy groups -OCH3 is 1. The topological polar surface area (TPSA) is 56.2 Å². The Hall–Kier alpha value is -2.30. The van der Waals surface area contributed by atoms with E-state index in [0.717, 1.165) is 12.2 Å². The highest BCUT2D eigenvalue weighted by molar-refractivity contribution is 5.94. The maximum atomic E-state index is 12.2. The van der Waals surface area contributed by atoms with E-state index in [4.69, 9.17) is 4.74 Å². The number of rotatable bonds is 5. The van der Waals surface area contributed by atoms with Crippen molar-refractivity contribution in [1.29, 1.82) is 0 Å². The molecule has 1 aromatic carbocycles. The molecule has 2 rings (SSSR count).